The van der Waals surface area contributed by atoms with E-state index in [-0.39, 0.29) is 5.56 Å². The van der Waals surface area contributed by atoms with Crippen LogP contribution in [0.25, 0.3) is 0 Å². The van der Waals surface area contributed by atoms with E-state index < -0.39 is 22.8 Å². The summed E-state index contributed by atoms with van der Waals surface area (Å²) in [4.78, 5) is 10.7. The zero-order valence-electron chi connectivity index (χ0n) is 8.41. The lowest BCUT2D eigenvalue weighted by molar-refractivity contribution is 0.0691. The van der Waals surface area contributed by atoms with Crippen LogP contribution in [0.2, 0.25) is 0 Å². The topological polar surface area (TPSA) is 61.1 Å². The van der Waals surface area contributed by atoms with Gasteiger partial charge in [-0.1, -0.05) is 12.1 Å². The normalized spacial score (nSPS) is 10.8. The van der Waals surface area contributed by atoms with E-state index in [2.05, 4.69) is 0 Å². The van der Waals surface area contributed by atoms with Gasteiger partial charge in [0.25, 0.3) is 0 Å². The summed E-state index contributed by atoms with van der Waals surface area (Å²) in [5, 5.41) is 17.5. The molecular formula is C11H10FNO2. The Morgan fingerprint density at radius 2 is 2.13 bits per heavy atom. The number of nitriles is 1. The van der Waals surface area contributed by atoms with Gasteiger partial charge in [0.05, 0.1) is 17.0 Å². The minimum Gasteiger partial charge on any atom is -0.478 e. The van der Waals surface area contributed by atoms with Crippen molar-refractivity contribution in [3.63, 3.8) is 0 Å². The van der Waals surface area contributed by atoms with Crippen LogP contribution in [-0.2, 0) is 5.41 Å². The van der Waals surface area contributed by atoms with Gasteiger partial charge in [-0.25, -0.2) is 9.18 Å². The quantitative estimate of drug-likeness (QED) is 0.809. The first-order chi connectivity index (χ1) is 6.90. The number of hydrogen-bond acceptors (Lipinski definition) is 2. The van der Waals surface area contributed by atoms with Crippen molar-refractivity contribution in [1.82, 2.24) is 0 Å². The van der Waals surface area contributed by atoms with E-state index in [0.29, 0.717) is 0 Å². The van der Waals surface area contributed by atoms with Gasteiger partial charge in [-0.2, -0.15) is 5.26 Å². The lowest BCUT2D eigenvalue weighted by Gasteiger charge is -2.17. The molecule has 0 bridgehead atoms. The summed E-state index contributed by atoms with van der Waals surface area (Å²) in [7, 11) is 0. The standard InChI is InChI=1S/C11H10FNO2/c1-11(2,6-13)8-5-3-4-7(9(8)12)10(14)15/h3-5H,1-2H3,(H,14,15). The van der Waals surface area contributed by atoms with Crippen LogP contribution >= 0.6 is 0 Å². The van der Waals surface area contributed by atoms with Crippen LogP contribution < -0.4 is 0 Å². The first-order valence-corrected chi connectivity index (χ1v) is 4.33. The molecule has 0 radical (unpaired) electrons. The fraction of sp³-hybridized carbons (Fsp3) is 0.273. The molecule has 0 aromatic heterocycles. The van der Waals surface area contributed by atoms with Crippen molar-refractivity contribution in [2.75, 3.05) is 0 Å². The zero-order chi connectivity index (χ0) is 11.6. The Hall–Kier alpha value is -1.89. The lowest BCUT2D eigenvalue weighted by Crippen LogP contribution is -2.18. The van der Waals surface area contributed by atoms with E-state index in [9.17, 15) is 9.18 Å². The second-order valence-electron chi connectivity index (χ2n) is 3.71. The molecule has 15 heavy (non-hydrogen) atoms. The number of carboxylic acid groups (broad SMARTS) is 1. The fourth-order valence-electron chi connectivity index (χ4n) is 1.24. The predicted octanol–water partition coefficient (Wildman–Crippen LogP) is 2.33. The second-order valence-corrected chi connectivity index (χ2v) is 3.71. The molecule has 1 N–H and O–H groups in total. The Balaban J connectivity index is 3.42. The molecule has 0 spiro atoms. The van der Waals surface area contributed by atoms with Crippen LogP contribution in [-0.4, -0.2) is 11.1 Å². The average molecular weight is 207 g/mol. The molecule has 0 aliphatic carbocycles. The van der Waals surface area contributed by atoms with Crippen molar-refractivity contribution in [3.8, 4) is 6.07 Å². The molecule has 3 nitrogen and oxygen atoms in total. The highest BCUT2D eigenvalue weighted by molar-refractivity contribution is 5.88. The molecule has 4 heteroatoms. The predicted molar refractivity (Wildman–Crippen MR) is 52.0 cm³/mol. The van der Waals surface area contributed by atoms with E-state index in [0.717, 1.165) is 0 Å². The summed E-state index contributed by atoms with van der Waals surface area (Å²) < 4.78 is 13.7. The molecule has 0 saturated heterocycles. The van der Waals surface area contributed by atoms with Crippen molar-refractivity contribution in [2.24, 2.45) is 0 Å². The first-order valence-electron chi connectivity index (χ1n) is 4.33. The molecule has 1 rings (SSSR count). The Morgan fingerprint density at radius 1 is 1.53 bits per heavy atom. The molecule has 78 valence electrons. The molecule has 0 amide bonds. The number of nitrogens with zero attached hydrogens (tertiary/aromatic N) is 1. The first kappa shape index (κ1) is 11.2. The van der Waals surface area contributed by atoms with Gasteiger partial charge in [-0.05, 0) is 19.9 Å². The van der Waals surface area contributed by atoms with E-state index >= 15 is 0 Å². The van der Waals surface area contributed by atoms with Crippen LogP contribution in [0, 0.1) is 17.1 Å². The molecular weight excluding hydrogens is 197 g/mol. The van der Waals surface area contributed by atoms with Crippen LogP contribution in [0.3, 0.4) is 0 Å². The molecule has 0 aliphatic heterocycles. The third-order valence-corrected chi connectivity index (χ3v) is 2.18. The maximum Gasteiger partial charge on any atom is 0.338 e. The van der Waals surface area contributed by atoms with Gasteiger partial charge >= 0.3 is 5.97 Å². The van der Waals surface area contributed by atoms with Crippen LogP contribution in [0.5, 0.6) is 0 Å². The van der Waals surface area contributed by atoms with Crippen LogP contribution in [0.15, 0.2) is 18.2 Å². The Labute approximate surface area is 86.8 Å². The summed E-state index contributed by atoms with van der Waals surface area (Å²) in [6.45, 7) is 3.08. The van der Waals surface area contributed by atoms with Crippen molar-refractivity contribution in [2.45, 2.75) is 19.3 Å². The third-order valence-electron chi connectivity index (χ3n) is 2.18. The van der Waals surface area contributed by atoms with Crippen molar-refractivity contribution < 1.29 is 14.3 Å². The van der Waals surface area contributed by atoms with Crippen LogP contribution in [0.1, 0.15) is 29.8 Å². The summed E-state index contributed by atoms with van der Waals surface area (Å²) in [5.74, 6) is -2.17. The highest BCUT2D eigenvalue weighted by Gasteiger charge is 2.26. The minimum atomic E-state index is -1.33. The number of carboxylic acids is 1. The average Bonchev–Trinajstić information content (AvgIpc) is 2.17. The van der Waals surface area contributed by atoms with E-state index in [1.165, 1.54) is 32.0 Å². The van der Waals surface area contributed by atoms with Gasteiger partial charge in [0, 0.05) is 5.56 Å². The molecule has 1 aromatic rings. The molecule has 1 aromatic carbocycles. The van der Waals surface area contributed by atoms with E-state index in [4.69, 9.17) is 10.4 Å². The fourth-order valence-corrected chi connectivity index (χ4v) is 1.24. The van der Waals surface area contributed by atoms with Crippen molar-refractivity contribution in [1.29, 1.82) is 5.26 Å². The van der Waals surface area contributed by atoms with Gasteiger partial charge in [0.1, 0.15) is 5.82 Å². The maximum absolute atomic E-state index is 13.7. The second kappa shape index (κ2) is 3.70. The number of carbonyl (C=O) groups is 1. The van der Waals surface area contributed by atoms with E-state index in [1.807, 2.05) is 6.07 Å². The van der Waals surface area contributed by atoms with Crippen molar-refractivity contribution in [3.05, 3.63) is 35.1 Å². The Morgan fingerprint density at radius 3 is 2.60 bits per heavy atom. The number of rotatable bonds is 2. The maximum atomic E-state index is 13.7. The van der Waals surface area contributed by atoms with Gasteiger partial charge in [-0.15, -0.1) is 0 Å². The van der Waals surface area contributed by atoms with E-state index in [1.54, 1.807) is 0 Å². The minimum absolute atomic E-state index is 0.102. The Kier molecular flexibility index (Phi) is 2.76. The number of halogens is 1. The summed E-state index contributed by atoms with van der Waals surface area (Å²) >= 11 is 0. The molecule has 0 aliphatic rings. The van der Waals surface area contributed by atoms with Gasteiger partial charge in [0.15, 0.2) is 0 Å². The molecule has 0 unspecified atom stereocenters. The van der Waals surface area contributed by atoms with Gasteiger partial charge in [0.2, 0.25) is 0 Å². The summed E-state index contributed by atoms with van der Waals surface area (Å²) in [5.41, 5.74) is -1.34. The van der Waals surface area contributed by atoms with Crippen LogP contribution in [0.4, 0.5) is 4.39 Å². The van der Waals surface area contributed by atoms with Gasteiger partial charge in [-0.3, -0.25) is 0 Å². The Bertz CT molecular complexity index is 446. The smallest absolute Gasteiger partial charge is 0.338 e. The molecule has 0 saturated carbocycles. The summed E-state index contributed by atoms with van der Waals surface area (Å²) in [6.07, 6.45) is 0. The number of benzene rings is 1. The zero-order valence-corrected chi connectivity index (χ0v) is 8.41. The third kappa shape index (κ3) is 1.96. The highest BCUT2D eigenvalue weighted by atomic mass is 19.1. The number of aromatic carboxylic acids is 1. The largest absolute Gasteiger partial charge is 0.478 e. The highest BCUT2D eigenvalue weighted by Crippen LogP contribution is 2.26. The van der Waals surface area contributed by atoms with Gasteiger partial charge < -0.3 is 5.11 Å². The number of hydrogen-bond donors (Lipinski definition) is 1. The SMILES string of the molecule is CC(C)(C#N)c1cccc(C(=O)O)c1F. The molecule has 0 heterocycles. The molecule has 0 fully saturated rings. The summed E-state index contributed by atoms with van der Waals surface area (Å²) in [6, 6.07) is 5.96. The molecule has 0 atom stereocenters. The lowest BCUT2D eigenvalue weighted by atomic mass is 9.85. The van der Waals surface area contributed by atoms with Crippen molar-refractivity contribution >= 4 is 5.97 Å². The monoisotopic (exact) mass is 207 g/mol.